The minimum atomic E-state index is -5.05. The van der Waals surface area contributed by atoms with Crippen molar-refractivity contribution in [3.8, 4) is 0 Å². The van der Waals surface area contributed by atoms with Gasteiger partial charge in [0, 0.05) is 11.8 Å². The van der Waals surface area contributed by atoms with Crippen molar-refractivity contribution in [2.75, 3.05) is 12.3 Å². The van der Waals surface area contributed by atoms with Crippen LogP contribution in [-0.4, -0.2) is 69.4 Å². The molecule has 1 saturated heterocycles. The van der Waals surface area contributed by atoms with Gasteiger partial charge in [0.25, 0.3) is 0 Å². The van der Waals surface area contributed by atoms with Gasteiger partial charge in [-0.1, -0.05) is 0 Å². The van der Waals surface area contributed by atoms with Crippen molar-refractivity contribution in [3.05, 3.63) is 22.2 Å². The summed E-state index contributed by atoms with van der Waals surface area (Å²) in [6.45, 7) is 1.20. The van der Waals surface area contributed by atoms with Gasteiger partial charge in [0.15, 0.2) is 6.23 Å². The zero-order chi connectivity index (χ0) is 21.2. The molecule has 156 valence electrons. The fourth-order valence-electron chi connectivity index (χ4n) is 2.01. The molecule has 27 heavy (non-hydrogen) atoms. The highest BCUT2D eigenvalue weighted by molar-refractivity contribution is 7.60. The molecule has 1 aromatic rings. The van der Waals surface area contributed by atoms with Crippen LogP contribution in [0.15, 0.2) is 11.0 Å². The molecule has 0 bridgehead atoms. The first-order chi connectivity index (χ1) is 12.2. The Labute approximate surface area is 151 Å². The molecule has 0 unspecified atom stereocenters. The maximum atomic E-state index is 11.7. The van der Waals surface area contributed by atoms with E-state index in [0.717, 1.165) is 4.57 Å². The van der Waals surface area contributed by atoms with E-state index in [1.165, 1.54) is 6.20 Å². The second-order valence-corrected chi connectivity index (χ2v) is 7.91. The monoisotopic (exact) mass is 435 g/mol. The van der Waals surface area contributed by atoms with Gasteiger partial charge in [-0.25, -0.2) is 13.9 Å². The molecule has 1 fully saturated rings. The number of hydrogen-bond donors (Lipinski definition) is 8. The predicted molar refractivity (Wildman–Crippen MR) is 85.8 cm³/mol. The lowest BCUT2D eigenvalue weighted by atomic mass is 10.1. The minimum Gasteiger partial charge on any atom is -0.394 e. The quantitative estimate of drug-likeness (QED) is 0.218. The Balaban J connectivity index is 0.000000345. The molecule has 15 nitrogen and oxygen atoms in total. The maximum Gasteiger partial charge on any atom is 0.478 e. The summed E-state index contributed by atoms with van der Waals surface area (Å²) in [4.78, 5) is 46.2. The molecule has 2 rings (SSSR count). The lowest BCUT2D eigenvalue weighted by molar-refractivity contribution is -0.0550. The van der Waals surface area contributed by atoms with Crippen LogP contribution in [0.5, 0.6) is 0 Å². The highest BCUT2D eigenvalue weighted by Crippen LogP contribution is 2.53. The second-order valence-electron chi connectivity index (χ2n) is 5.29. The number of aromatic nitrogens is 2. The SMILES string of the molecule is Cc1cn([C@@H]2O[C@H](CO)[C@@H](O)[C@H]2O)c(=O)nc1N.O=P(O)(O)OP(=O)(O)O. The lowest BCUT2D eigenvalue weighted by Gasteiger charge is -2.17. The van der Waals surface area contributed by atoms with Crippen LogP contribution in [-0.2, 0) is 18.2 Å². The first kappa shape index (κ1) is 23.8. The predicted octanol–water partition coefficient (Wildman–Crippen LogP) is -3.07. The Hall–Kier alpha value is -1.22. The van der Waals surface area contributed by atoms with Crippen LogP contribution in [0.25, 0.3) is 0 Å². The van der Waals surface area contributed by atoms with E-state index in [0.29, 0.717) is 5.56 Å². The number of nitrogens with two attached hydrogens (primary N) is 1. The summed E-state index contributed by atoms with van der Waals surface area (Å²) in [5.74, 6) is 0.1000. The molecule has 9 N–H and O–H groups in total. The van der Waals surface area contributed by atoms with Crippen LogP contribution in [0.2, 0.25) is 0 Å². The summed E-state index contributed by atoms with van der Waals surface area (Å²) in [5.41, 5.74) is 5.35. The third kappa shape index (κ3) is 7.03. The number of nitrogens with zero attached hydrogens (tertiary/aromatic N) is 2. The molecule has 0 radical (unpaired) electrons. The van der Waals surface area contributed by atoms with Crippen molar-refractivity contribution in [1.82, 2.24) is 9.55 Å². The molecule has 1 aliphatic heterocycles. The number of rotatable bonds is 4. The Morgan fingerprint density at radius 2 is 1.74 bits per heavy atom. The van der Waals surface area contributed by atoms with E-state index in [-0.39, 0.29) is 5.82 Å². The molecule has 1 aromatic heterocycles. The van der Waals surface area contributed by atoms with Gasteiger partial charge in [-0.3, -0.25) is 4.57 Å². The molecule has 0 saturated carbocycles. The van der Waals surface area contributed by atoms with Gasteiger partial charge in [0.05, 0.1) is 6.61 Å². The van der Waals surface area contributed by atoms with Crippen LogP contribution in [0, 0.1) is 6.92 Å². The zero-order valence-corrected chi connectivity index (χ0v) is 15.4. The van der Waals surface area contributed by atoms with Crippen LogP contribution >= 0.6 is 15.6 Å². The van der Waals surface area contributed by atoms with E-state index in [4.69, 9.17) is 35.2 Å². The lowest BCUT2D eigenvalue weighted by Crippen LogP contribution is -2.36. The van der Waals surface area contributed by atoms with Crippen LogP contribution in [0.1, 0.15) is 11.8 Å². The number of phosphoric acid groups is 2. The number of aliphatic hydroxyl groups excluding tert-OH is 3. The fraction of sp³-hybridized carbons (Fsp3) is 0.600. The van der Waals surface area contributed by atoms with Crippen LogP contribution in [0.4, 0.5) is 5.82 Å². The molecule has 17 heteroatoms. The van der Waals surface area contributed by atoms with Gasteiger partial charge in [0.2, 0.25) is 0 Å². The second kappa shape index (κ2) is 8.86. The van der Waals surface area contributed by atoms with Crippen molar-refractivity contribution >= 4 is 21.5 Å². The summed E-state index contributed by atoms with van der Waals surface area (Å²) < 4.78 is 28.5. The molecule has 2 heterocycles. The first-order valence-corrected chi connectivity index (χ1v) is 10.0. The first-order valence-electron chi connectivity index (χ1n) is 6.96. The fourth-order valence-corrected chi connectivity index (χ4v) is 3.12. The van der Waals surface area contributed by atoms with Crippen LogP contribution < -0.4 is 11.4 Å². The largest absolute Gasteiger partial charge is 0.478 e. The van der Waals surface area contributed by atoms with Gasteiger partial charge in [-0.2, -0.15) is 9.29 Å². The normalized spacial score (nSPS) is 25.8. The topological polar surface area (TPSA) is 255 Å². The van der Waals surface area contributed by atoms with Gasteiger partial charge >= 0.3 is 21.3 Å². The Morgan fingerprint density at radius 3 is 2.11 bits per heavy atom. The summed E-state index contributed by atoms with van der Waals surface area (Å²) in [7, 11) is -10.1. The van der Waals surface area contributed by atoms with Crippen molar-refractivity contribution in [3.63, 3.8) is 0 Å². The Kier molecular flexibility index (Phi) is 7.81. The van der Waals surface area contributed by atoms with Crippen molar-refractivity contribution in [2.45, 2.75) is 31.5 Å². The van der Waals surface area contributed by atoms with Gasteiger partial charge in [-0.05, 0) is 6.92 Å². The smallest absolute Gasteiger partial charge is 0.394 e. The van der Waals surface area contributed by atoms with E-state index in [1.807, 2.05) is 0 Å². The summed E-state index contributed by atoms with van der Waals surface area (Å²) in [5, 5.41) is 28.4. The van der Waals surface area contributed by atoms with E-state index in [2.05, 4.69) is 9.29 Å². The molecular weight excluding hydrogens is 416 g/mol. The number of anilines is 1. The molecule has 0 aliphatic carbocycles. The summed E-state index contributed by atoms with van der Waals surface area (Å²) in [6.07, 6.45) is -3.20. The summed E-state index contributed by atoms with van der Waals surface area (Å²) in [6, 6.07) is 0. The van der Waals surface area contributed by atoms with Crippen molar-refractivity contribution in [2.24, 2.45) is 0 Å². The van der Waals surface area contributed by atoms with Gasteiger partial charge in [0.1, 0.15) is 24.1 Å². The van der Waals surface area contributed by atoms with Crippen molar-refractivity contribution in [1.29, 1.82) is 0 Å². The van der Waals surface area contributed by atoms with E-state index in [1.54, 1.807) is 6.92 Å². The maximum absolute atomic E-state index is 11.7. The van der Waals surface area contributed by atoms with E-state index in [9.17, 15) is 24.1 Å². The average molecular weight is 435 g/mol. The van der Waals surface area contributed by atoms with E-state index >= 15 is 0 Å². The number of aryl methyl sites for hydroxylation is 1. The molecule has 0 amide bonds. The third-order valence-electron chi connectivity index (χ3n) is 3.18. The Morgan fingerprint density at radius 1 is 1.22 bits per heavy atom. The molecule has 0 spiro atoms. The summed E-state index contributed by atoms with van der Waals surface area (Å²) >= 11 is 0. The zero-order valence-electron chi connectivity index (χ0n) is 13.6. The molecule has 4 atom stereocenters. The highest BCUT2D eigenvalue weighted by atomic mass is 31.3. The number of ether oxygens (including phenoxy) is 1. The van der Waals surface area contributed by atoms with E-state index < -0.39 is 52.5 Å². The standard InChI is InChI=1S/C10H15N3O5.H4O7P2/c1-4-2-13(10(17)12-8(4)11)9-7(16)6(15)5(3-14)18-9;1-8(2,3)7-9(4,5)6/h2,5-7,9,14-16H,3H2,1H3,(H2,11,12,17);(H2,1,2,3)(H2,4,5,6)/t5-,6-,7-,9-;/m1./s1. The number of nitrogen functional groups attached to an aromatic ring is 1. The minimum absolute atomic E-state index is 0.1000. The van der Waals surface area contributed by atoms with Gasteiger partial charge in [-0.15, -0.1) is 0 Å². The highest BCUT2D eigenvalue weighted by Gasteiger charge is 2.43. The third-order valence-corrected chi connectivity index (χ3v) is 4.88. The van der Waals surface area contributed by atoms with Crippen molar-refractivity contribution < 1.29 is 53.1 Å². The average Bonchev–Trinajstić information content (AvgIpc) is 2.76. The van der Waals surface area contributed by atoms with Gasteiger partial charge < -0.3 is 45.4 Å². The van der Waals surface area contributed by atoms with Crippen LogP contribution in [0.3, 0.4) is 0 Å². The molecular formula is C10H19N3O12P2. The Bertz CT molecular complexity index is 783. The molecule has 0 aromatic carbocycles. The number of aliphatic hydroxyl groups is 3. The number of hydrogen-bond acceptors (Lipinski definition) is 10. The molecule has 1 aliphatic rings.